The van der Waals surface area contributed by atoms with Gasteiger partial charge in [-0.2, -0.15) is 11.3 Å². The van der Waals surface area contributed by atoms with Crippen LogP contribution in [0.3, 0.4) is 0 Å². The second-order valence-electron chi connectivity index (χ2n) is 13.5. The van der Waals surface area contributed by atoms with E-state index in [1.807, 2.05) is 5.38 Å². The van der Waals surface area contributed by atoms with Crippen molar-refractivity contribution in [2.24, 2.45) is 0 Å². The van der Waals surface area contributed by atoms with Gasteiger partial charge >= 0.3 is 6.09 Å². The average Bonchev–Trinajstić information content (AvgIpc) is 3.58. The second kappa shape index (κ2) is 15.0. The van der Waals surface area contributed by atoms with E-state index < -0.39 is 33.0 Å². The minimum Gasteiger partial charge on any atom is -0.540 e. The summed E-state index contributed by atoms with van der Waals surface area (Å²) in [6.45, 7) is 18.0. The van der Waals surface area contributed by atoms with Crippen molar-refractivity contribution in [2.45, 2.75) is 102 Å². The first kappa shape index (κ1) is 35.2. The van der Waals surface area contributed by atoms with Gasteiger partial charge in [0.2, 0.25) is 0 Å². The summed E-state index contributed by atoms with van der Waals surface area (Å²) in [5.74, 6) is 0.745. The van der Waals surface area contributed by atoms with Crippen molar-refractivity contribution in [3.05, 3.63) is 58.8 Å². The van der Waals surface area contributed by atoms with Crippen LogP contribution in [-0.2, 0) is 14.2 Å². The lowest BCUT2D eigenvalue weighted by molar-refractivity contribution is -0.196. The molecule has 3 atom stereocenters. The molecule has 0 saturated carbocycles. The lowest BCUT2D eigenvalue weighted by Gasteiger charge is -2.43. The minimum absolute atomic E-state index is 0.00326. The Kier molecular flexibility index (Phi) is 11.2. The van der Waals surface area contributed by atoms with E-state index in [0.29, 0.717) is 48.7 Å². The molecule has 2 unspecified atom stereocenters. The fourth-order valence-electron chi connectivity index (χ4n) is 7.63. The summed E-state index contributed by atoms with van der Waals surface area (Å²) in [5.41, 5.74) is 3.76. The van der Waals surface area contributed by atoms with Gasteiger partial charge in [0.15, 0.2) is 18.3 Å². The molecular weight excluding hydrogens is 633 g/mol. The van der Waals surface area contributed by atoms with Gasteiger partial charge in [-0.1, -0.05) is 60.3 Å². The Morgan fingerprint density at radius 2 is 1.87 bits per heavy atom. The topological polar surface area (TPSA) is 86.8 Å². The third-order valence-electron chi connectivity index (χ3n) is 9.82. The largest absolute Gasteiger partial charge is 0.540 e. The van der Waals surface area contributed by atoms with Gasteiger partial charge in [0.25, 0.3) is 14.2 Å². The number of ether oxygens (including phenoxy) is 4. The van der Waals surface area contributed by atoms with Crippen LogP contribution in [0.15, 0.2) is 47.7 Å². The molecule has 0 bridgehead atoms. The Bertz CT molecular complexity index is 1430. The number of hydrogen-bond acceptors (Lipinski definition) is 8. The lowest BCUT2D eigenvalue weighted by atomic mass is 9.94. The highest BCUT2D eigenvalue weighted by molar-refractivity contribution is 7.08. The number of carbonyl (C=O) groups is 2. The fourth-order valence-corrected chi connectivity index (χ4v) is 13.6. The van der Waals surface area contributed by atoms with Gasteiger partial charge in [-0.25, -0.2) is 9.69 Å². The standard InChI is InChI=1S/C36H50N2O7SSi/c1-9-16-43-36(40)38-29-21-32(45-47(23(2)3,24(4)5)25(6)7)31(41-8)20-28(29)34(39)37-15-13-26(27-14-18-46-22-27)19-30(37)35(38)44-33-12-10-11-17-42-33/h9,13-14,18,20-25,30,33,35H,1,10-12,15-17,19H2,2-8H3/t30-,33?,35?/m0/s1. The summed E-state index contributed by atoms with van der Waals surface area (Å²) < 4.78 is 31.6. The molecule has 0 spiro atoms. The Morgan fingerprint density at radius 1 is 1.13 bits per heavy atom. The van der Waals surface area contributed by atoms with Crippen LogP contribution in [0.5, 0.6) is 11.5 Å². The minimum atomic E-state index is -2.47. The Hall–Kier alpha value is -3.12. The van der Waals surface area contributed by atoms with Crippen molar-refractivity contribution in [1.29, 1.82) is 0 Å². The van der Waals surface area contributed by atoms with Gasteiger partial charge in [-0.3, -0.25) is 4.79 Å². The third kappa shape index (κ3) is 6.90. The van der Waals surface area contributed by atoms with Crippen LogP contribution < -0.4 is 14.1 Å². The zero-order valence-corrected chi connectivity index (χ0v) is 30.6. The summed E-state index contributed by atoms with van der Waals surface area (Å²) >= 11 is 1.63. The van der Waals surface area contributed by atoms with Gasteiger partial charge in [0.1, 0.15) is 12.4 Å². The number of carbonyl (C=O) groups excluding carboxylic acids is 2. The van der Waals surface area contributed by atoms with Crippen molar-refractivity contribution in [3.63, 3.8) is 0 Å². The van der Waals surface area contributed by atoms with E-state index in [2.05, 4.69) is 65.6 Å². The smallest absolute Gasteiger partial charge is 0.416 e. The third-order valence-corrected chi connectivity index (χ3v) is 16.5. The predicted octanol–water partition coefficient (Wildman–Crippen LogP) is 8.62. The first-order valence-electron chi connectivity index (χ1n) is 16.8. The summed E-state index contributed by atoms with van der Waals surface area (Å²) in [4.78, 5) is 32.1. The van der Waals surface area contributed by atoms with Gasteiger partial charge in [0, 0.05) is 19.2 Å². The van der Waals surface area contributed by atoms with Gasteiger partial charge in [0.05, 0.1) is 24.4 Å². The molecule has 5 rings (SSSR count). The van der Waals surface area contributed by atoms with E-state index in [1.54, 1.807) is 35.5 Å². The van der Waals surface area contributed by atoms with E-state index in [4.69, 9.17) is 23.4 Å². The normalized spacial score (nSPS) is 21.7. The number of amides is 2. The number of nitrogens with zero attached hydrogens (tertiary/aromatic N) is 2. The molecule has 11 heteroatoms. The predicted molar refractivity (Wildman–Crippen MR) is 189 cm³/mol. The number of benzene rings is 1. The first-order valence-corrected chi connectivity index (χ1v) is 19.9. The van der Waals surface area contributed by atoms with E-state index in [-0.39, 0.29) is 29.1 Å². The number of rotatable bonds is 11. The van der Waals surface area contributed by atoms with Crippen LogP contribution in [0.1, 0.15) is 83.1 Å². The molecule has 1 aromatic carbocycles. The van der Waals surface area contributed by atoms with Crippen molar-refractivity contribution in [3.8, 4) is 11.5 Å². The molecule has 2 amide bonds. The average molecular weight is 683 g/mol. The van der Waals surface area contributed by atoms with E-state index in [1.165, 1.54) is 11.0 Å². The Morgan fingerprint density at radius 3 is 2.47 bits per heavy atom. The molecule has 256 valence electrons. The van der Waals surface area contributed by atoms with Crippen LogP contribution in [0.2, 0.25) is 16.6 Å². The maximum Gasteiger partial charge on any atom is 0.416 e. The molecule has 1 aromatic heterocycles. The summed E-state index contributed by atoms with van der Waals surface area (Å²) in [5, 5.41) is 4.15. The zero-order chi connectivity index (χ0) is 33.9. The summed E-state index contributed by atoms with van der Waals surface area (Å²) in [7, 11) is -0.881. The van der Waals surface area contributed by atoms with Crippen molar-refractivity contribution >= 4 is 42.9 Å². The molecule has 0 aliphatic carbocycles. The molecule has 9 nitrogen and oxygen atoms in total. The van der Waals surface area contributed by atoms with Crippen molar-refractivity contribution < 1.29 is 33.0 Å². The van der Waals surface area contributed by atoms with Crippen LogP contribution in [0.4, 0.5) is 10.5 Å². The van der Waals surface area contributed by atoms with Crippen LogP contribution in [-0.4, -0.2) is 70.6 Å². The van der Waals surface area contributed by atoms with Crippen LogP contribution in [0, 0.1) is 0 Å². The summed E-state index contributed by atoms with van der Waals surface area (Å²) in [6.07, 6.45) is 4.64. The molecular formula is C36H50N2O7SSi. The Labute approximate surface area is 284 Å². The van der Waals surface area contributed by atoms with E-state index in [0.717, 1.165) is 24.0 Å². The number of anilines is 1. The molecule has 1 fully saturated rings. The van der Waals surface area contributed by atoms with Gasteiger partial charge < -0.3 is 28.3 Å². The molecule has 1 saturated heterocycles. The van der Waals surface area contributed by atoms with Gasteiger partial charge in [-0.15, -0.1) is 0 Å². The number of fused-ring (bicyclic) bond motifs is 2. The van der Waals surface area contributed by atoms with E-state index in [9.17, 15) is 9.59 Å². The summed E-state index contributed by atoms with van der Waals surface area (Å²) in [6, 6.07) is 5.08. The zero-order valence-electron chi connectivity index (χ0n) is 28.8. The molecule has 2 aromatic rings. The van der Waals surface area contributed by atoms with Crippen molar-refractivity contribution in [2.75, 3.05) is 31.8 Å². The molecule has 0 radical (unpaired) electrons. The highest BCUT2D eigenvalue weighted by Gasteiger charge is 2.50. The monoisotopic (exact) mass is 682 g/mol. The van der Waals surface area contributed by atoms with Crippen molar-refractivity contribution in [1.82, 2.24) is 4.90 Å². The molecule has 47 heavy (non-hydrogen) atoms. The molecule has 3 aliphatic heterocycles. The Balaban J connectivity index is 1.70. The second-order valence-corrected chi connectivity index (χ2v) is 19.6. The molecule has 4 heterocycles. The molecule has 3 aliphatic rings. The van der Waals surface area contributed by atoms with Crippen LogP contribution in [0.25, 0.3) is 5.57 Å². The SMILES string of the molecule is C=CCOC(=O)N1c2cc(O[Si](C(C)C)(C(C)C)C(C)C)c(OC)cc2C(=O)N2CC=C(c3ccsc3)C[C@H]2C1OC1CCCCO1. The quantitative estimate of drug-likeness (QED) is 0.173. The van der Waals surface area contributed by atoms with Gasteiger partial charge in [-0.05, 0) is 76.3 Å². The number of hydrogen-bond donors (Lipinski definition) is 0. The first-order chi connectivity index (χ1) is 22.5. The highest BCUT2D eigenvalue weighted by Crippen LogP contribution is 2.48. The van der Waals surface area contributed by atoms with Crippen LogP contribution >= 0.6 is 11.3 Å². The number of methoxy groups -OCH3 is 1. The fraction of sp³-hybridized carbons (Fsp3) is 0.556. The lowest BCUT2D eigenvalue weighted by Crippen LogP contribution is -2.57. The highest BCUT2D eigenvalue weighted by atomic mass is 32.1. The molecule has 0 N–H and O–H groups in total. The number of thiophene rings is 1. The maximum atomic E-state index is 14.6. The van der Waals surface area contributed by atoms with E-state index >= 15 is 0 Å². The maximum absolute atomic E-state index is 14.6.